The molecule has 7 atom stereocenters. The first kappa shape index (κ1) is 20.8. The Labute approximate surface area is 152 Å². The van der Waals surface area contributed by atoms with Crippen LogP contribution in [0.15, 0.2) is 0 Å². The van der Waals surface area contributed by atoms with Crippen LogP contribution in [0.2, 0.25) is 0 Å². The first-order valence-electron chi connectivity index (χ1n) is 9.97. The fourth-order valence-corrected chi connectivity index (χ4v) is 4.10. The van der Waals surface area contributed by atoms with Crippen molar-refractivity contribution in [2.45, 2.75) is 96.7 Å². The van der Waals surface area contributed by atoms with E-state index < -0.39 is 11.9 Å². The molecule has 0 amide bonds. The predicted octanol–water partition coefficient (Wildman–Crippen LogP) is 3.06. The van der Waals surface area contributed by atoms with Crippen molar-refractivity contribution in [2.75, 3.05) is 6.61 Å². The Morgan fingerprint density at radius 2 is 1.96 bits per heavy atom. The van der Waals surface area contributed by atoms with Crippen molar-refractivity contribution in [2.24, 2.45) is 17.8 Å². The summed E-state index contributed by atoms with van der Waals surface area (Å²) < 4.78 is 12.7. The van der Waals surface area contributed by atoms with E-state index in [1.807, 2.05) is 6.92 Å². The van der Waals surface area contributed by atoms with Crippen molar-refractivity contribution in [1.82, 2.24) is 0 Å². The zero-order valence-electron chi connectivity index (χ0n) is 16.2. The normalized spacial score (nSPS) is 38.7. The summed E-state index contributed by atoms with van der Waals surface area (Å²) in [7, 11) is 0. The van der Waals surface area contributed by atoms with Crippen molar-refractivity contribution in [1.29, 1.82) is 0 Å². The predicted molar refractivity (Wildman–Crippen MR) is 96.1 cm³/mol. The lowest BCUT2D eigenvalue weighted by Crippen LogP contribution is -2.55. The van der Waals surface area contributed by atoms with E-state index >= 15 is 0 Å². The van der Waals surface area contributed by atoms with Crippen molar-refractivity contribution in [3.05, 3.63) is 0 Å². The SMILES string of the molecule is CC[C@@H](CO)CC[C@@H]1O[C@]2(CC[C@H](C)[C@H](C[C@@H](C)O)O2)CC(=O)[C@@H]1C. The molecule has 0 unspecified atom stereocenters. The van der Waals surface area contributed by atoms with Gasteiger partial charge in [-0.05, 0) is 44.4 Å². The molecule has 2 aliphatic heterocycles. The van der Waals surface area contributed by atoms with Gasteiger partial charge < -0.3 is 19.7 Å². The maximum absolute atomic E-state index is 12.6. The van der Waals surface area contributed by atoms with Gasteiger partial charge in [0.25, 0.3) is 0 Å². The highest BCUT2D eigenvalue weighted by Crippen LogP contribution is 2.43. The summed E-state index contributed by atoms with van der Waals surface area (Å²) in [5, 5.41) is 19.2. The molecule has 2 N–H and O–H groups in total. The Bertz CT molecular complexity index is 434. The van der Waals surface area contributed by atoms with Crippen LogP contribution >= 0.6 is 0 Å². The number of rotatable bonds is 7. The Kier molecular flexibility index (Phi) is 7.44. The maximum atomic E-state index is 12.6. The molecule has 2 fully saturated rings. The third kappa shape index (κ3) is 5.25. The van der Waals surface area contributed by atoms with Gasteiger partial charge in [0, 0.05) is 18.9 Å². The fraction of sp³-hybridized carbons (Fsp3) is 0.950. The molecule has 0 aromatic carbocycles. The standard InChI is InChI=1S/C20H36O5/c1-5-16(12-21)6-7-18-15(4)17(23)11-20(24-18)9-8-13(2)19(25-20)10-14(3)22/h13-16,18-19,21-22H,5-12H2,1-4H3/t13-,14+,15-,16+,18-,19-,20-/m0/s1. The molecule has 0 aliphatic carbocycles. The molecule has 0 bridgehead atoms. The Morgan fingerprint density at radius 1 is 1.28 bits per heavy atom. The highest BCUT2D eigenvalue weighted by Gasteiger charge is 2.49. The number of ether oxygens (including phenoxy) is 2. The van der Waals surface area contributed by atoms with Gasteiger partial charge in [-0.3, -0.25) is 4.79 Å². The first-order valence-corrected chi connectivity index (χ1v) is 9.97. The summed E-state index contributed by atoms with van der Waals surface area (Å²) >= 11 is 0. The minimum Gasteiger partial charge on any atom is -0.396 e. The fourth-order valence-electron chi connectivity index (χ4n) is 4.10. The molecule has 146 valence electrons. The molecule has 1 spiro atoms. The second kappa shape index (κ2) is 8.94. The molecule has 2 heterocycles. The Balaban J connectivity index is 2.06. The van der Waals surface area contributed by atoms with Crippen LogP contribution in [0, 0.1) is 17.8 Å². The van der Waals surface area contributed by atoms with Crippen molar-refractivity contribution in [3.8, 4) is 0 Å². The molecule has 0 radical (unpaired) electrons. The number of hydrogen-bond acceptors (Lipinski definition) is 5. The van der Waals surface area contributed by atoms with E-state index in [0.717, 1.165) is 32.1 Å². The number of Topliss-reactive ketones (excluding diaryl/α,β-unsaturated/α-hetero) is 1. The van der Waals surface area contributed by atoms with Gasteiger partial charge in [-0.15, -0.1) is 0 Å². The number of aliphatic hydroxyl groups is 2. The number of carbonyl (C=O) groups is 1. The summed E-state index contributed by atoms with van der Waals surface area (Å²) in [4.78, 5) is 12.6. The van der Waals surface area contributed by atoms with E-state index in [4.69, 9.17) is 9.47 Å². The van der Waals surface area contributed by atoms with Crippen molar-refractivity contribution >= 4 is 5.78 Å². The van der Waals surface area contributed by atoms with Crippen LogP contribution in [0.5, 0.6) is 0 Å². The third-order valence-electron chi connectivity index (χ3n) is 6.13. The van der Waals surface area contributed by atoms with Crippen LogP contribution in [0.3, 0.4) is 0 Å². The number of hydrogen-bond donors (Lipinski definition) is 2. The van der Waals surface area contributed by atoms with Gasteiger partial charge in [-0.25, -0.2) is 0 Å². The molecule has 0 aromatic rings. The summed E-state index contributed by atoms with van der Waals surface area (Å²) in [5.41, 5.74) is 0. The highest BCUT2D eigenvalue weighted by atomic mass is 16.7. The van der Waals surface area contributed by atoms with Gasteiger partial charge in [0.2, 0.25) is 0 Å². The Morgan fingerprint density at radius 3 is 2.56 bits per heavy atom. The van der Waals surface area contributed by atoms with Crippen LogP contribution in [-0.2, 0) is 14.3 Å². The minimum atomic E-state index is -0.818. The Hall–Kier alpha value is -0.490. The molecule has 0 saturated carbocycles. The molecule has 2 rings (SSSR count). The van der Waals surface area contributed by atoms with E-state index in [2.05, 4.69) is 13.8 Å². The maximum Gasteiger partial charge on any atom is 0.175 e. The molecule has 5 heteroatoms. The average Bonchev–Trinajstić information content (AvgIpc) is 2.56. The largest absolute Gasteiger partial charge is 0.396 e. The molecule has 0 aromatic heterocycles. The molecule has 25 heavy (non-hydrogen) atoms. The van der Waals surface area contributed by atoms with E-state index in [0.29, 0.717) is 18.8 Å². The smallest absolute Gasteiger partial charge is 0.175 e. The second-order valence-electron chi connectivity index (χ2n) is 8.29. The monoisotopic (exact) mass is 356 g/mol. The summed E-state index contributed by atoms with van der Waals surface area (Å²) in [6.07, 6.45) is 4.48. The lowest BCUT2D eigenvalue weighted by molar-refractivity contribution is -0.323. The molecule has 2 saturated heterocycles. The van der Waals surface area contributed by atoms with E-state index in [-0.39, 0.29) is 36.4 Å². The summed E-state index contributed by atoms with van der Waals surface area (Å²) in [6, 6.07) is 0. The quantitative estimate of drug-likeness (QED) is 0.733. The minimum absolute atomic E-state index is 0.0727. The van der Waals surface area contributed by atoms with E-state index in [1.165, 1.54) is 0 Å². The second-order valence-corrected chi connectivity index (χ2v) is 8.29. The summed E-state index contributed by atoms with van der Waals surface area (Å²) in [6.45, 7) is 8.11. The zero-order valence-corrected chi connectivity index (χ0v) is 16.2. The van der Waals surface area contributed by atoms with Crippen LogP contribution in [0.4, 0.5) is 0 Å². The third-order valence-corrected chi connectivity index (χ3v) is 6.13. The van der Waals surface area contributed by atoms with Crippen LogP contribution in [0.25, 0.3) is 0 Å². The van der Waals surface area contributed by atoms with Crippen molar-refractivity contribution in [3.63, 3.8) is 0 Å². The van der Waals surface area contributed by atoms with Gasteiger partial charge >= 0.3 is 0 Å². The van der Waals surface area contributed by atoms with Gasteiger partial charge in [-0.1, -0.05) is 27.2 Å². The van der Waals surface area contributed by atoms with Crippen LogP contribution < -0.4 is 0 Å². The van der Waals surface area contributed by atoms with Gasteiger partial charge in [0.05, 0.1) is 24.7 Å². The average molecular weight is 357 g/mol. The van der Waals surface area contributed by atoms with Gasteiger partial charge in [0.1, 0.15) is 5.78 Å². The molecule has 2 aliphatic rings. The number of ketones is 1. The topological polar surface area (TPSA) is 76.0 Å². The number of carbonyl (C=O) groups excluding carboxylic acids is 1. The molecular formula is C20H36O5. The van der Waals surface area contributed by atoms with E-state index in [9.17, 15) is 15.0 Å². The van der Waals surface area contributed by atoms with Crippen LogP contribution in [0.1, 0.15) is 72.6 Å². The van der Waals surface area contributed by atoms with Crippen LogP contribution in [-0.4, -0.2) is 46.7 Å². The lowest BCUT2D eigenvalue weighted by Gasteiger charge is -2.49. The lowest BCUT2D eigenvalue weighted by atomic mass is 9.81. The zero-order chi connectivity index (χ0) is 18.6. The van der Waals surface area contributed by atoms with Gasteiger partial charge in [0.15, 0.2) is 5.79 Å². The van der Waals surface area contributed by atoms with E-state index in [1.54, 1.807) is 6.92 Å². The van der Waals surface area contributed by atoms with Gasteiger partial charge in [-0.2, -0.15) is 0 Å². The molecular weight excluding hydrogens is 320 g/mol. The first-order chi connectivity index (χ1) is 11.8. The van der Waals surface area contributed by atoms with Crippen molar-refractivity contribution < 1.29 is 24.5 Å². The highest BCUT2D eigenvalue weighted by molar-refractivity contribution is 5.82. The number of aliphatic hydroxyl groups excluding tert-OH is 2. The molecule has 5 nitrogen and oxygen atoms in total. The summed E-state index contributed by atoms with van der Waals surface area (Å²) in [5.74, 6) is -0.116.